The van der Waals surface area contributed by atoms with Gasteiger partial charge in [0.2, 0.25) is 5.91 Å². The first-order chi connectivity index (χ1) is 19.8. The van der Waals surface area contributed by atoms with Gasteiger partial charge < -0.3 is 24.8 Å². The number of carbonyl (C=O) groups is 2. The minimum Gasteiger partial charge on any atom is -0.465 e. The van der Waals surface area contributed by atoms with E-state index in [1.54, 1.807) is 30.5 Å². The van der Waals surface area contributed by atoms with Gasteiger partial charge in [0.15, 0.2) is 5.11 Å². The molecule has 2 aromatic carbocycles. The largest absolute Gasteiger partial charge is 0.465 e. The Kier molecular flexibility index (Phi) is 8.11. The highest BCUT2D eigenvalue weighted by atomic mass is 32.1. The van der Waals surface area contributed by atoms with E-state index in [0.29, 0.717) is 17.2 Å². The number of aryl methyl sites for hydroxylation is 1. The highest BCUT2D eigenvalue weighted by molar-refractivity contribution is 7.80. The molecule has 0 unspecified atom stereocenters. The Morgan fingerprint density at radius 1 is 1.07 bits per heavy atom. The minimum atomic E-state index is -0.487. The van der Waals surface area contributed by atoms with Crippen molar-refractivity contribution in [2.24, 2.45) is 0 Å². The zero-order valence-electron chi connectivity index (χ0n) is 22.9. The molecule has 2 atom stereocenters. The van der Waals surface area contributed by atoms with Crippen LogP contribution in [0.2, 0.25) is 0 Å². The fourth-order valence-electron chi connectivity index (χ4n) is 5.33. The van der Waals surface area contributed by atoms with Crippen molar-refractivity contribution in [1.82, 2.24) is 19.8 Å². The number of aromatic nitrogens is 2. The van der Waals surface area contributed by atoms with Crippen LogP contribution in [-0.4, -0.2) is 45.1 Å². The van der Waals surface area contributed by atoms with E-state index in [-0.39, 0.29) is 30.1 Å². The van der Waals surface area contributed by atoms with Crippen LogP contribution in [-0.2, 0) is 9.53 Å². The van der Waals surface area contributed by atoms with E-state index in [4.69, 9.17) is 17.0 Å². The molecule has 0 radical (unpaired) electrons. The molecule has 1 fully saturated rings. The first kappa shape index (κ1) is 28.0. The Labute approximate surface area is 243 Å². The number of nitrogens with one attached hydrogen (secondary N) is 2. The van der Waals surface area contributed by atoms with Crippen molar-refractivity contribution in [3.8, 4) is 5.69 Å². The number of pyridine rings is 1. The monoisotopic (exact) mass is 571 g/mol. The van der Waals surface area contributed by atoms with Crippen molar-refractivity contribution < 1.29 is 18.7 Å². The lowest BCUT2D eigenvalue weighted by molar-refractivity contribution is -0.116. The van der Waals surface area contributed by atoms with E-state index in [1.165, 1.54) is 19.2 Å². The van der Waals surface area contributed by atoms with Crippen molar-refractivity contribution in [3.05, 3.63) is 113 Å². The van der Waals surface area contributed by atoms with Crippen LogP contribution in [0.5, 0.6) is 0 Å². The molecule has 1 aliphatic heterocycles. The van der Waals surface area contributed by atoms with Crippen LogP contribution in [0.25, 0.3) is 5.69 Å². The molecular weight excluding hydrogens is 541 g/mol. The predicted octanol–water partition coefficient (Wildman–Crippen LogP) is 5.42. The molecule has 2 aromatic heterocycles. The summed E-state index contributed by atoms with van der Waals surface area (Å²) in [5.74, 6) is -1.19. The first-order valence-corrected chi connectivity index (χ1v) is 13.6. The number of nitrogens with zero attached hydrogens (tertiary/aromatic N) is 3. The molecule has 210 valence electrons. The average Bonchev–Trinajstić information content (AvgIpc) is 3.47. The zero-order chi connectivity index (χ0) is 29.1. The van der Waals surface area contributed by atoms with Crippen LogP contribution >= 0.6 is 12.2 Å². The van der Waals surface area contributed by atoms with Crippen LogP contribution < -0.4 is 10.6 Å². The van der Waals surface area contributed by atoms with Crippen molar-refractivity contribution >= 4 is 34.9 Å². The number of rotatable bonds is 8. The van der Waals surface area contributed by atoms with Crippen molar-refractivity contribution in [2.45, 2.75) is 32.4 Å². The molecule has 1 amide bonds. The molecule has 0 saturated carbocycles. The topological polar surface area (TPSA) is 88.5 Å². The van der Waals surface area contributed by atoms with Crippen LogP contribution in [0.3, 0.4) is 0 Å². The fourth-order valence-corrected chi connectivity index (χ4v) is 5.66. The smallest absolute Gasteiger partial charge is 0.337 e. The summed E-state index contributed by atoms with van der Waals surface area (Å²) >= 11 is 5.77. The van der Waals surface area contributed by atoms with Gasteiger partial charge in [-0.25, -0.2) is 9.18 Å². The van der Waals surface area contributed by atoms with Crippen LogP contribution in [0.15, 0.2) is 79.0 Å². The number of ether oxygens (including phenoxy) is 1. The van der Waals surface area contributed by atoms with Crippen molar-refractivity contribution in [3.63, 3.8) is 0 Å². The molecule has 2 N–H and O–H groups in total. The molecule has 10 heteroatoms. The number of benzene rings is 2. The van der Waals surface area contributed by atoms with Crippen molar-refractivity contribution in [1.29, 1.82) is 0 Å². The highest BCUT2D eigenvalue weighted by Gasteiger charge is 2.41. The van der Waals surface area contributed by atoms with Crippen molar-refractivity contribution in [2.75, 3.05) is 19.0 Å². The maximum Gasteiger partial charge on any atom is 0.337 e. The molecular formula is C31H30FN5O3S. The number of hydrogen-bond acceptors (Lipinski definition) is 5. The third-order valence-electron chi connectivity index (χ3n) is 7.26. The van der Waals surface area contributed by atoms with Gasteiger partial charge in [0, 0.05) is 36.2 Å². The number of para-hydroxylation sites is 1. The maximum atomic E-state index is 14.1. The van der Waals surface area contributed by atoms with Crippen LogP contribution in [0.4, 0.5) is 10.1 Å². The number of halogens is 1. The molecule has 41 heavy (non-hydrogen) atoms. The van der Waals surface area contributed by atoms with Gasteiger partial charge in [0.1, 0.15) is 5.82 Å². The van der Waals surface area contributed by atoms with Gasteiger partial charge in [-0.15, -0.1) is 0 Å². The summed E-state index contributed by atoms with van der Waals surface area (Å²) in [6, 6.07) is 20.7. The molecule has 4 aromatic rings. The molecule has 3 heterocycles. The van der Waals surface area contributed by atoms with Crippen LogP contribution in [0.1, 0.15) is 51.5 Å². The van der Waals surface area contributed by atoms with Gasteiger partial charge in [-0.1, -0.05) is 18.2 Å². The molecule has 0 spiro atoms. The summed E-state index contributed by atoms with van der Waals surface area (Å²) in [4.78, 5) is 31.3. The minimum absolute atomic E-state index is 0.106. The maximum absolute atomic E-state index is 14.1. The molecule has 1 saturated heterocycles. The molecule has 8 nitrogen and oxygen atoms in total. The second-order valence-electron chi connectivity index (χ2n) is 9.80. The third kappa shape index (κ3) is 5.69. The summed E-state index contributed by atoms with van der Waals surface area (Å²) in [5, 5.41) is 6.58. The van der Waals surface area contributed by atoms with E-state index < -0.39 is 11.8 Å². The lowest BCUT2D eigenvalue weighted by Gasteiger charge is -2.28. The molecule has 1 aliphatic rings. The third-order valence-corrected chi connectivity index (χ3v) is 7.61. The Morgan fingerprint density at radius 3 is 2.49 bits per heavy atom. The number of methoxy groups -OCH3 is 1. The Morgan fingerprint density at radius 2 is 1.80 bits per heavy atom. The number of thiocarbonyl (C=S) groups is 1. The predicted molar refractivity (Wildman–Crippen MR) is 158 cm³/mol. The van der Waals surface area contributed by atoms with Gasteiger partial charge in [0.05, 0.1) is 36.1 Å². The van der Waals surface area contributed by atoms with Gasteiger partial charge in [-0.05, 0) is 86.2 Å². The van der Waals surface area contributed by atoms with E-state index in [1.807, 2.05) is 49.1 Å². The summed E-state index contributed by atoms with van der Waals surface area (Å²) in [5.41, 5.74) is 5.36. The Bertz CT molecular complexity index is 1590. The number of amides is 1. The summed E-state index contributed by atoms with van der Waals surface area (Å²) in [7, 11) is 1.36. The summed E-state index contributed by atoms with van der Waals surface area (Å²) in [6.07, 6.45) is 1.85. The average molecular weight is 572 g/mol. The standard InChI is InChI=1S/C31H30FN5O3S/c1-19-18-23(20(2)37(19)22-13-11-21(12-14-22)30(39)40-3)29-28(26-10-6-7-16-33-26)35-31(41)36(29)17-15-27(38)34-25-9-5-4-8-24(25)32/h4-14,16,18,28-29H,15,17H2,1-3H3,(H,34,38)(H,35,41)/t28-,29-/m0/s1. The van der Waals surface area contributed by atoms with Crippen LogP contribution in [0, 0.1) is 19.7 Å². The van der Waals surface area contributed by atoms with Gasteiger partial charge >= 0.3 is 5.97 Å². The second kappa shape index (κ2) is 11.9. The first-order valence-electron chi connectivity index (χ1n) is 13.2. The SMILES string of the molecule is COC(=O)c1ccc(-n2c(C)cc([C@H]3[C@H](c4ccccn4)NC(=S)N3CCC(=O)Nc3ccccc3F)c2C)cc1. The molecule has 5 rings (SSSR count). The van der Waals surface area contributed by atoms with E-state index in [9.17, 15) is 14.0 Å². The molecule has 0 bridgehead atoms. The Hall–Kier alpha value is -4.57. The quantitative estimate of drug-likeness (QED) is 0.216. The van der Waals surface area contributed by atoms with E-state index in [2.05, 4.69) is 26.3 Å². The summed E-state index contributed by atoms with van der Waals surface area (Å²) < 4.78 is 21.0. The number of anilines is 1. The highest BCUT2D eigenvalue weighted by Crippen LogP contribution is 2.41. The number of carbonyl (C=O) groups excluding carboxylic acids is 2. The van der Waals surface area contributed by atoms with E-state index >= 15 is 0 Å². The lowest BCUT2D eigenvalue weighted by atomic mass is 9.96. The van der Waals surface area contributed by atoms with E-state index in [0.717, 1.165) is 28.3 Å². The Balaban J connectivity index is 1.47. The summed E-state index contributed by atoms with van der Waals surface area (Å²) in [6.45, 7) is 4.38. The second-order valence-corrected chi connectivity index (χ2v) is 10.2. The number of hydrogen-bond donors (Lipinski definition) is 2. The van der Waals surface area contributed by atoms with Gasteiger partial charge in [-0.2, -0.15) is 0 Å². The molecule has 0 aliphatic carbocycles. The normalized spacial score (nSPS) is 16.4. The van der Waals surface area contributed by atoms with Gasteiger partial charge in [0.25, 0.3) is 0 Å². The lowest BCUT2D eigenvalue weighted by Crippen LogP contribution is -2.33. The fraction of sp³-hybridized carbons (Fsp3) is 0.226. The van der Waals surface area contributed by atoms with Gasteiger partial charge in [-0.3, -0.25) is 9.78 Å². The zero-order valence-corrected chi connectivity index (χ0v) is 23.7. The number of esters is 1.